The van der Waals surface area contributed by atoms with Gasteiger partial charge in [0.25, 0.3) is 5.95 Å². The van der Waals surface area contributed by atoms with Crippen molar-refractivity contribution in [3.05, 3.63) is 53.0 Å². The Morgan fingerprint density at radius 3 is 2.55 bits per heavy atom. The summed E-state index contributed by atoms with van der Waals surface area (Å²) in [6, 6.07) is 8.24. The van der Waals surface area contributed by atoms with E-state index in [1.807, 2.05) is 6.07 Å². The molecule has 0 aliphatic heterocycles. The Hall–Kier alpha value is -2.55. The van der Waals surface area contributed by atoms with Crippen LogP contribution in [-0.4, -0.2) is 12.0 Å². The van der Waals surface area contributed by atoms with Gasteiger partial charge in [-0.2, -0.15) is 14.6 Å². The van der Waals surface area contributed by atoms with Crippen molar-refractivity contribution in [2.24, 2.45) is 0 Å². The Labute approximate surface area is 113 Å². The zero-order chi connectivity index (χ0) is 14.9. The van der Waals surface area contributed by atoms with Crippen molar-refractivity contribution in [3.63, 3.8) is 0 Å². The first kappa shape index (κ1) is 13.9. The van der Waals surface area contributed by atoms with E-state index in [1.54, 1.807) is 18.2 Å². The lowest BCUT2D eigenvalue weighted by molar-refractivity contribution is 0.457. The van der Waals surface area contributed by atoms with Crippen LogP contribution >= 0.6 is 0 Å². The normalized spacial score (nSPS) is 10.2. The molecule has 0 aliphatic carbocycles. The van der Waals surface area contributed by atoms with Crippen LogP contribution in [-0.2, 0) is 0 Å². The van der Waals surface area contributed by atoms with Gasteiger partial charge in [-0.25, -0.2) is 8.78 Å². The highest BCUT2D eigenvalue weighted by atomic mass is 19.2. The molecule has 2 aromatic rings. The number of rotatable bonds is 2. The molecule has 0 fully saturated rings. The summed E-state index contributed by atoms with van der Waals surface area (Å²) < 4.78 is 40.5. The first-order valence-electron chi connectivity index (χ1n) is 5.70. The number of nitrogens with zero attached hydrogens (tertiary/aromatic N) is 3. The quantitative estimate of drug-likeness (QED) is 0.789. The highest BCUT2D eigenvalue weighted by molar-refractivity contribution is 5.62. The third-order valence-corrected chi connectivity index (χ3v) is 2.92. The van der Waals surface area contributed by atoms with Crippen LogP contribution in [0.3, 0.4) is 0 Å². The molecular weight excluding hydrogens is 267 g/mol. The highest BCUT2D eigenvalue weighted by Crippen LogP contribution is 2.28. The van der Waals surface area contributed by atoms with E-state index in [4.69, 9.17) is 5.26 Å². The molecule has 102 valence electrons. The van der Waals surface area contributed by atoms with Gasteiger partial charge in [-0.15, -0.1) is 0 Å². The molecule has 0 saturated carbocycles. The molecule has 0 spiro atoms. The summed E-state index contributed by atoms with van der Waals surface area (Å²) in [7, 11) is 1.46. The van der Waals surface area contributed by atoms with Gasteiger partial charge < -0.3 is 4.90 Å². The van der Waals surface area contributed by atoms with E-state index in [9.17, 15) is 13.2 Å². The van der Waals surface area contributed by atoms with Crippen LogP contribution in [0.2, 0.25) is 0 Å². The van der Waals surface area contributed by atoms with E-state index < -0.39 is 23.1 Å². The van der Waals surface area contributed by atoms with Gasteiger partial charge in [-0.3, -0.25) is 0 Å². The number of pyridine rings is 1. The molecule has 0 N–H and O–H groups in total. The van der Waals surface area contributed by atoms with E-state index in [0.717, 1.165) is 6.92 Å². The summed E-state index contributed by atoms with van der Waals surface area (Å²) in [5.41, 5.74) is 0.380. The van der Waals surface area contributed by atoms with Crippen LogP contribution in [0.4, 0.5) is 24.7 Å². The second kappa shape index (κ2) is 5.21. The monoisotopic (exact) mass is 277 g/mol. The molecule has 6 heteroatoms. The van der Waals surface area contributed by atoms with Crippen LogP contribution in [0.1, 0.15) is 11.1 Å². The van der Waals surface area contributed by atoms with Gasteiger partial charge in [0.2, 0.25) is 0 Å². The average molecular weight is 277 g/mol. The van der Waals surface area contributed by atoms with E-state index >= 15 is 0 Å². The third kappa shape index (κ3) is 2.30. The van der Waals surface area contributed by atoms with Gasteiger partial charge >= 0.3 is 0 Å². The second-order valence-corrected chi connectivity index (χ2v) is 4.20. The fourth-order valence-corrected chi connectivity index (χ4v) is 1.74. The SMILES string of the molecule is Cc1c(F)c(F)nc(N(C)c2cccc(C#N)c2)c1F. The van der Waals surface area contributed by atoms with Gasteiger partial charge in [-0.1, -0.05) is 6.07 Å². The maximum atomic E-state index is 14.0. The van der Waals surface area contributed by atoms with Crippen LogP contribution in [0.15, 0.2) is 24.3 Å². The zero-order valence-electron chi connectivity index (χ0n) is 10.8. The number of benzene rings is 1. The Kier molecular flexibility index (Phi) is 3.61. The van der Waals surface area contributed by atoms with Gasteiger partial charge in [0.15, 0.2) is 17.5 Å². The largest absolute Gasteiger partial charge is 0.327 e. The molecule has 1 heterocycles. The van der Waals surface area contributed by atoms with Crippen LogP contribution in [0.5, 0.6) is 0 Å². The molecule has 0 aliphatic rings. The molecule has 20 heavy (non-hydrogen) atoms. The van der Waals surface area contributed by atoms with Crippen molar-refractivity contribution in [1.29, 1.82) is 5.26 Å². The Morgan fingerprint density at radius 2 is 1.90 bits per heavy atom. The third-order valence-electron chi connectivity index (χ3n) is 2.92. The van der Waals surface area contributed by atoms with Crippen LogP contribution in [0, 0.1) is 35.8 Å². The Morgan fingerprint density at radius 1 is 1.20 bits per heavy atom. The van der Waals surface area contributed by atoms with Crippen LogP contribution < -0.4 is 4.90 Å². The summed E-state index contributed by atoms with van der Waals surface area (Å²) in [5.74, 6) is -3.93. The lowest BCUT2D eigenvalue weighted by atomic mass is 10.2. The smallest absolute Gasteiger partial charge is 0.251 e. The van der Waals surface area contributed by atoms with Crippen molar-refractivity contribution >= 4 is 11.5 Å². The maximum absolute atomic E-state index is 14.0. The fourth-order valence-electron chi connectivity index (χ4n) is 1.74. The molecule has 0 radical (unpaired) electrons. The number of anilines is 2. The van der Waals surface area contributed by atoms with Gasteiger partial charge in [-0.05, 0) is 25.1 Å². The lowest BCUT2D eigenvalue weighted by Crippen LogP contribution is -2.16. The van der Waals surface area contributed by atoms with Crippen molar-refractivity contribution in [2.45, 2.75) is 6.92 Å². The summed E-state index contributed by atoms with van der Waals surface area (Å²) in [6.45, 7) is 1.14. The van der Waals surface area contributed by atoms with Crippen LogP contribution in [0.25, 0.3) is 0 Å². The molecule has 0 bridgehead atoms. The lowest BCUT2D eigenvalue weighted by Gasteiger charge is -2.20. The number of nitriles is 1. The molecule has 0 saturated heterocycles. The molecular formula is C14H10F3N3. The number of aromatic nitrogens is 1. The van der Waals surface area contributed by atoms with E-state index in [0.29, 0.717) is 11.3 Å². The molecule has 2 rings (SSSR count). The number of hydrogen-bond donors (Lipinski definition) is 0. The minimum Gasteiger partial charge on any atom is -0.327 e. The predicted octanol–water partition coefficient (Wildman–Crippen LogP) is 3.45. The van der Waals surface area contributed by atoms with Crippen molar-refractivity contribution < 1.29 is 13.2 Å². The first-order chi connectivity index (χ1) is 9.45. The number of halogens is 3. The molecule has 0 atom stereocenters. The number of hydrogen-bond acceptors (Lipinski definition) is 3. The molecule has 3 nitrogen and oxygen atoms in total. The van der Waals surface area contributed by atoms with E-state index in [-0.39, 0.29) is 5.82 Å². The second-order valence-electron chi connectivity index (χ2n) is 4.20. The predicted molar refractivity (Wildman–Crippen MR) is 68.1 cm³/mol. The topological polar surface area (TPSA) is 39.9 Å². The maximum Gasteiger partial charge on any atom is 0.251 e. The Bertz CT molecular complexity index is 708. The first-order valence-corrected chi connectivity index (χ1v) is 5.70. The molecule has 0 amide bonds. The summed E-state index contributed by atoms with van der Waals surface area (Å²) >= 11 is 0. The van der Waals surface area contributed by atoms with Crippen molar-refractivity contribution in [2.75, 3.05) is 11.9 Å². The summed E-state index contributed by atoms with van der Waals surface area (Å²) in [4.78, 5) is 4.55. The summed E-state index contributed by atoms with van der Waals surface area (Å²) in [5, 5.41) is 8.83. The minimum atomic E-state index is -1.36. The van der Waals surface area contributed by atoms with Crippen molar-refractivity contribution in [1.82, 2.24) is 4.98 Å². The van der Waals surface area contributed by atoms with Gasteiger partial charge in [0.05, 0.1) is 11.6 Å². The standard InChI is InChI=1S/C14H10F3N3/c1-8-11(15)13(17)19-14(12(8)16)20(2)10-5-3-4-9(6-10)7-18/h3-6H,1-2H3. The van der Waals surface area contributed by atoms with Gasteiger partial charge in [0, 0.05) is 18.3 Å². The zero-order valence-corrected chi connectivity index (χ0v) is 10.8. The summed E-state index contributed by atoms with van der Waals surface area (Å²) in [6.07, 6.45) is 0. The fraction of sp³-hybridized carbons (Fsp3) is 0.143. The molecule has 1 aromatic heterocycles. The van der Waals surface area contributed by atoms with E-state index in [2.05, 4.69) is 4.98 Å². The minimum absolute atomic E-state index is 0.337. The molecule has 0 unspecified atom stereocenters. The van der Waals surface area contributed by atoms with Gasteiger partial charge in [0.1, 0.15) is 0 Å². The van der Waals surface area contributed by atoms with E-state index in [1.165, 1.54) is 18.0 Å². The van der Waals surface area contributed by atoms with Crippen molar-refractivity contribution in [3.8, 4) is 6.07 Å². The highest BCUT2D eigenvalue weighted by Gasteiger charge is 2.20. The molecule has 1 aromatic carbocycles. The Balaban J connectivity index is 2.54. The average Bonchev–Trinajstić information content (AvgIpc) is 2.48.